The molecule has 0 aliphatic carbocycles. The van der Waals surface area contributed by atoms with Gasteiger partial charge in [0, 0.05) is 34.4 Å². The molecule has 12 heteroatoms. The van der Waals surface area contributed by atoms with Crippen LogP contribution in [0.25, 0.3) is 0 Å². The van der Waals surface area contributed by atoms with Crippen LogP contribution in [-0.2, 0) is 47.9 Å². The van der Waals surface area contributed by atoms with Crippen molar-refractivity contribution in [1.82, 2.24) is 4.31 Å². The molecule has 1 aromatic rings. The molecule has 0 N–H and O–H groups in total. The van der Waals surface area contributed by atoms with Gasteiger partial charge >= 0.3 is 0 Å². The Morgan fingerprint density at radius 2 is 1.47 bits per heavy atom. The molecular formula is C24H39NO10S. The summed E-state index contributed by atoms with van der Waals surface area (Å²) in [5.74, 6) is 0. The minimum absolute atomic E-state index is 0.191. The molecule has 0 aromatic heterocycles. The van der Waals surface area contributed by atoms with E-state index < -0.39 is 40.7 Å². The van der Waals surface area contributed by atoms with Crippen molar-refractivity contribution in [3.63, 3.8) is 0 Å². The van der Waals surface area contributed by atoms with Crippen molar-refractivity contribution in [1.29, 1.82) is 0 Å². The lowest BCUT2D eigenvalue weighted by atomic mass is 9.98. The first-order valence-electron chi connectivity index (χ1n) is 12.1. The van der Waals surface area contributed by atoms with Crippen LogP contribution in [0.3, 0.4) is 0 Å². The number of hydrogen-bond donors (Lipinski definition) is 0. The van der Waals surface area contributed by atoms with Gasteiger partial charge in [-0.2, -0.15) is 4.31 Å². The molecule has 2 aliphatic heterocycles. The van der Waals surface area contributed by atoms with Crippen molar-refractivity contribution in [2.24, 2.45) is 0 Å². The van der Waals surface area contributed by atoms with Gasteiger partial charge in [-0.3, -0.25) is 0 Å². The molecule has 3 rings (SSSR count). The highest BCUT2D eigenvalue weighted by molar-refractivity contribution is 7.89. The van der Waals surface area contributed by atoms with Gasteiger partial charge in [-0.1, -0.05) is 17.7 Å². The number of ether oxygens (including phenoxy) is 8. The largest absolute Gasteiger partial charge is 0.382 e. The van der Waals surface area contributed by atoms with E-state index >= 15 is 0 Å². The van der Waals surface area contributed by atoms with Gasteiger partial charge in [-0.05, 0) is 19.1 Å². The second-order valence-electron chi connectivity index (χ2n) is 8.55. The minimum atomic E-state index is -3.69. The third-order valence-corrected chi connectivity index (χ3v) is 8.04. The average Bonchev–Trinajstić information content (AvgIpc) is 2.87. The topological polar surface area (TPSA) is 111 Å². The zero-order valence-electron chi connectivity index (χ0n) is 21.5. The molecule has 36 heavy (non-hydrogen) atoms. The lowest BCUT2D eigenvalue weighted by Crippen LogP contribution is -2.61. The number of aryl methyl sites for hydroxylation is 1. The Kier molecular flexibility index (Phi) is 12.0. The summed E-state index contributed by atoms with van der Waals surface area (Å²) in [4.78, 5) is 0.239. The Morgan fingerprint density at radius 1 is 0.861 bits per heavy atom. The van der Waals surface area contributed by atoms with E-state index in [1.807, 2.05) is 6.92 Å². The summed E-state index contributed by atoms with van der Waals surface area (Å²) in [5, 5.41) is 0. The van der Waals surface area contributed by atoms with E-state index in [1.54, 1.807) is 45.6 Å². The van der Waals surface area contributed by atoms with E-state index in [0.29, 0.717) is 6.61 Å². The van der Waals surface area contributed by atoms with Crippen LogP contribution in [0.2, 0.25) is 0 Å². The Labute approximate surface area is 213 Å². The molecular weight excluding hydrogens is 494 g/mol. The molecule has 0 spiro atoms. The summed E-state index contributed by atoms with van der Waals surface area (Å²) in [5.41, 5.74) is 0.989. The zero-order valence-corrected chi connectivity index (χ0v) is 22.3. The SMILES string of the molecule is COC[C@H]1O[C@H](OC)[C@@H]2OCCOCCN(S(=O)(=O)c3ccc(C)cc3)CCOCCO[C@H]2[C@@H]1OC. The van der Waals surface area contributed by atoms with Gasteiger partial charge < -0.3 is 37.9 Å². The maximum absolute atomic E-state index is 13.2. The molecule has 0 amide bonds. The highest BCUT2D eigenvalue weighted by Crippen LogP contribution is 2.28. The van der Waals surface area contributed by atoms with Crippen LogP contribution in [0.1, 0.15) is 5.56 Å². The van der Waals surface area contributed by atoms with E-state index in [2.05, 4.69) is 0 Å². The third kappa shape index (κ3) is 7.67. The van der Waals surface area contributed by atoms with Crippen molar-refractivity contribution in [3.05, 3.63) is 29.8 Å². The summed E-state index contributed by atoms with van der Waals surface area (Å²) < 4.78 is 74.0. The van der Waals surface area contributed by atoms with Gasteiger partial charge in [0.25, 0.3) is 0 Å². The molecule has 206 valence electrons. The highest BCUT2D eigenvalue weighted by atomic mass is 32.2. The van der Waals surface area contributed by atoms with E-state index in [-0.39, 0.29) is 57.6 Å². The number of sulfonamides is 1. The fourth-order valence-corrected chi connectivity index (χ4v) is 5.66. The van der Waals surface area contributed by atoms with Crippen LogP contribution in [0.5, 0.6) is 0 Å². The van der Waals surface area contributed by atoms with Crippen LogP contribution in [0.4, 0.5) is 0 Å². The predicted molar refractivity (Wildman–Crippen MR) is 129 cm³/mol. The average molecular weight is 534 g/mol. The van der Waals surface area contributed by atoms with Gasteiger partial charge in [0.1, 0.15) is 24.4 Å². The fraction of sp³-hybridized carbons (Fsp3) is 0.750. The predicted octanol–water partition coefficient (Wildman–Crippen LogP) is 0.836. The third-order valence-electron chi connectivity index (χ3n) is 6.13. The summed E-state index contributed by atoms with van der Waals surface area (Å²) in [7, 11) is 1.02. The van der Waals surface area contributed by atoms with Crippen molar-refractivity contribution in [2.45, 2.75) is 42.5 Å². The van der Waals surface area contributed by atoms with Crippen molar-refractivity contribution in [2.75, 3.05) is 80.7 Å². The molecule has 2 fully saturated rings. The summed E-state index contributed by atoms with van der Waals surface area (Å²) in [6.07, 6.45) is -2.61. The summed E-state index contributed by atoms with van der Waals surface area (Å²) >= 11 is 0. The van der Waals surface area contributed by atoms with Crippen LogP contribution < -0.4 is 0 Å². The second-order valence-corrected chi connectivity index (χ2v) is 10.5. The van der Waals surface area contributed by atoms with E-state index in [9.17, 15) is 8.42 Å². The first-order chi connectivity index (χ1) is 17.4. The van der Waals surface area contributed by atoms with E-state index in [4.69, 9.17) is 37.9 Å². The van der Waals surface area contributed by atoms with Gasteiger partial charge in [0.05, 0.1) is 51.1 Å². The monoisotopic (exact) mass is 533 g/mol. The lowest BCUT2D eigenvalue weighted by Gasteiger charge is -2.44. The Hall–Kier alpha value is -1.19. The van der Waals surface area contributed by atoms with Crippen molar-refractivity contribution in [3.8, 4) is 0 Å². The molecule has 11 nitrogen and oxygen atoms in total. The van der Waals surface area contributed by atoms with Gasteiger partial charge in [-0.25, -0.2) is 8.42 Å². The molecule has 0 radical (unpaired) electrons. The van der Waals surface area contributed by atoms with E-state index in [1.165, 1.54) is 4.31 Å². The first-order valence-corrected chi connectivity index (χ1v) is 13.5. The first kappa shape index (κ1) is 29.4. The van der Waals surface area contributed by atoms with Crippen molar-refractivity contribution >= 4 is 10.0 Å². The molecule has 0 unspecified atom stereocenters. The number of methoxy groups -OCH3 is 3. The van der Waals surface area contributed by atoms with Gasteiger partial charge in [-0.15, -0.1) is 0 Å². The minimum Gasteiger partial charge on any atom is -0.382 e. The number of hydrogen-bond acceptors (Lipinski definition) is 10. The molecule has 1 aromatic carbocycles. The quantitative estimate of drug-likeness (QED) is 0.521. The van der Waals surface area contributed by atoms with Gasteiger partial charge in [0.15, 0.2) is 6.29 Å². The normalized spacial score (nSPS) is 30.2. The highest BCUT2D eigenvalue weighted by Gasteiger charge is 2.48. The Bertz CT molecular complexity index is 868. The number of rotatable bonds is 6. The molecule has 0 bridgehead atoms. The van der Waals surface area contributed by atoms with Crippen molar-refractivity contribution < 1.29 is 46.3 Å². The van der Waals surface area contributed by atoms with Crippen LogP contribution in [0, 0.1) is 6.92 Å². The number of nitrogens with zero attached hydrogens (tertiary/aromatic N) is 1. The molecule has 5 atom stereocenters. The van der Waals surface area contributed by atoms with E-state index in [0.717, 1.165) is 5.56 Å². The smallest absolute Gasteiger partial charge is 0.243 e. The number of fused-ring (bicyclic) bond motifs is 1. The van der Waals surface area contributed by atoms with Crippen LogP contribution in [0.15, 0.2) is 29.2 Å². The zero-order chi connectivity index (χ0) is 26.0. The maximum atomic E-state index is 13.2. The van der Waals surface area contributed by atoms with Crippen LogP contribution >= 0.6 is 0 Å². The molecule has 2 aliphatic rings. The Balaban J connectivity index is 1.68. The summed E-state index contributed by atoms with van der Waals surface area (Å²) in [6.45, 7) is 4.03. The molecule has 0 saturated carbocycles. The second kappa shape index (κ2) is 14.7. The van der Waals surface area contributed by atoms with Gasteiger partial charge in [0.2, 0.25) is 10.0 Å². The number of benzene rings is 1. The van der Waals surface area contributed by atoms with Crippen LogP contribution in [-0.4, -0.2) is 124 Å². The molecule has 2 heterocycles. The maximum Gasteiger partial charge on any atom is 0.243 e. The molecule has 2 saturated heterocycles. The lowest BCUT2D eigenvalue weighted by molar-refractivity contribution is -0.316. The standard InChI is InChI=1S/C24H39NO10S/c1-18-5-7-19(8-6-18)36(26,27)25-9-11-31-13-15-33-22-21(29-3)20(17-28-2)35-24(30-4)23(22)34-16-14-32-12-10-25/h5-8,20-24H,9-17H2,1-4H3/t20-,21-,22+,23-,24+/m1/s1. The fourth-order valence-electron chi connectivity index (χ4n) is 4.25. The summed E-state index contributed by atoms with van der Waals surface area (Å²) in [6, 6.07) is 6.79. The Morgan fingerprint density at radius 3 is 2.03 bits per heavy atom.